The first kappa shape index (κ1) is 26.0. The number of nitrogens with zero attached hydrogens (tertiary/aromatic N) is 3. The van der Waals surface area contributed by atoms with E-state index in [-0.39, 0.29) is 37.6 Å². The Balaban J connectivity index is 1.45. The Hall–Kier alpha value is -5.06. The predicted molar refractivity (Wildman–Crippen MR) is 137 cm³/mol. The zero-order chi connectivity index (χ0) is 26.9. The number of carbonyl (C=O) groups is 3. The molecule has 1 N–H and O–H groups in total. The maximum absolute atomic E-state index is 12.9. The molecule has 11 nitrogen and oxygen atoms in total. The van der Waals surface area contributed by atoms with E-state index in [2.05, 4.69) is 10.4 Å². The largest absolute Gasteiger partial charge is 0.459 e. The summed E-state index contributed by atoms with van der Waals surface area (Å²) in [6, 6.07) is 22.3. The van der Waals surface area contributed by atoms with Gasteiger partial charge in [0.05, 0.1) is 22.7 Å². The molecule has 38 heavy (non-hydrogen) atoms. The van der Waals surface area contributed by atoms with E-state index in [9.17, 15) is 24.5 Å². The third kappa shape index (κ3) is 7.00. The second-order valence-corrected chi connectivity index (χ2v) is 8.38. The van der Waals surface area contributed by atoms with E-state index in [0.29, 0.717) is 11.4 Å². The summed E-state index contributed by atoms with van der Waals surface area (Å²) in [7, 11) is 0. The predicted octanol–water partition coefficient (Wildman–Crippen LogP) is 4.12. The molecule has 11 heteroatoms. The number of rotatable bonds is 10. The molecule has 2 amide bonds. The summed E-state index contributed by atoms with van der Waals surface area (Å²) >= 11 is 0. The van der Waals surface area contributed by atoms with Crippen LogP contribution in [0.3, 0.4) is 0 Å². The van der Waals surface area contributed by atoms with Crippen LogP contribution in [0, 0.1) is 10.1 Å². The molecule has 1 aliphatic rings. The summed E-state index contributed by atoms with van der Waals surface area (Å²) in [5, 5.41) is 18.8. The summed E-state index contributed by atoms with van der Waals surface area (Å²) < 4.78 is 10.7. The molecule has 0 fully saturated rings. The summed E-state index contributed by atoms with van der Waals surface area (Å²) in [5.41, 5.74) is 2.09. The number of carbonyl (C=O) groups excluding carboxylic acids is 3. The van der Waals surface area contributed by atoms with Crippen molar-refractivity contribution >= 4 is 35.1 Å². The fraction of sp³-hybridized carbons (Fsp3) is 0.185. The van der Waals surface area contributed by atoms with Gasteiger partial charge in [0.2, 0.25) is 0 Å². The van der Waals surface area contributed by atoms with Crippen LogP contribution in [0.1, 0.15) is 24.0 Å². The molecule has 0 aliphatic carbocycles. The minimum Gasteiger partial charge on any atom is -0.459 e. The maximum Gasteiger partial charge on any atom is 0.408 e. The number of hydrogen-bond acceptors (Lipinski definition) is 8. The van der Waals surface area contributed by atoms with E-state index in [4.69, 9.17) is 9.47 Å². The van der Waals surface area contributed by atoms with Crippen molar-refractivity contribution < 1.29 is 28.8 Å². The van der Waals surface area contributed by atoms with E-state index in [0.717, 1.165) is 16.1 Å². The number of hydrazone groups is 1. The number of nitrogens with one attached hydrogen (secondary N) is 1. The standard InChI is InChI=1S/C27H24N4O7/c32-25-16-21(29-30(25)22-11-13-23(14-12-22)31(35)36)15-24(26(33)37-17-19-7-3-1-4-8-19)28-27(34)38-18-20-9-5-2-6-10-20/h1-14,24H,15-18H2,(H,28,34)/t24-/m0/s1. The number of alkyl carbamates (subject to hydrolysis) is 1. The number of benzene rings is 3. The number of anilines is 1. The minimum atomic E-state index is -1.16. The SMILES string of the molecule is O=C(N[C@@H](CC1=NN(c2ccc([N+](=O)[O-])cc2)C(=O)C1)C(=O)OCc1ccccc1)OCc1ccccc1. The van der Waals surface area contributed by atoms with Crippen LogP contribution in [0.4, 0.5) is 16.2 Å². The van der Waals surface area contributed by atoms with Gasteiger partial charge in [-0.25, -0.2) is 14.6 Å². The minimum absolute atomic E-state index is 0.00274. The topological polar surface area (TPSA) is 140 Å². The van der Waals surface area contributed by atoms with Gasteiger partial charge in [-0.15, -0.1) is 0 Å². The summed E-state index contributed by atoms with van der Waals surface area (Å²) in [6.45, 7) is 0.00303. The third-order valence-electron chi connectivity index (χ3n) is 5.59. The van der Waals surface area contributed by atoms with Crippen molar-refractivity contribution in [3.8, 4) is 0 Å². The van der Waals surface area contributed by atoms with Crippen molar-refractivity contribution in [1.82, 2.24) is 5.32 Å². The van der Waals surface area contributed by atoms with Gasteiger partial charge in [-0.3, -0.25) is 14.9 Å². The lowest BCUT2D eigenvalue weighted by molar-refractivity contribution is -0.384. The number of nitro groups is 1. The highest BCUT2D eigenvalue weighted by molar-refractivity contribution is 6.13. The fourth-order valence-corrected chi connectivity index (χ4v) is 3.68. The number of nitro benzene ring substituents is 1. The molecule has 0 radical (unpaired) electrons. The van der Waals surface area contributed by atoms with Crippen LogP contribution in [0.25, 0.3) is 0 Å². The Morgan fingerprint density at radius 2 is 1.50 bits per heavy atom. The number of non-ortho nitro benzene ring substituents is 1. The van der Waals surface area contributed by atoms with E-state index in [1.807, 2.05) is 36.4 Å². The molecular weight excluding hydrogens is 492 g/mol. The number of hydrogen-bond donors (Lipinski definition) is 1. The van der Waals surface area contributed by atoms with Crippen molar-refractivity contribution in [3.63, 3.8) is 0 Å². The molecule has 194 valence electrons. The molecule has 0 unspecified atom stereocenters. The van der Waals surface area contributed by atoms with Crippen molar-refractivity contribution in [2.24, 2.45) is 5.10 Å². The summed E-state index contributed by atoms with van der Waals surface area (Å²) in [6.07, 6.45) is -1.02. The molecule has 0 saturated heterocycles. The maximum atomic E-state index is 12.9. The molecule has 0 aromatic heterocycles. The normalized spacial score (nSPS) is 13.4. The lowest BCUT2D eigenvalue weighted by Crippen LogP contribution is -2.43. The van der Waals surface area contributed by atoms with Gasteiger partial charge in [-0.05, 0) is 23.3 Å². The quantitative estimate of drug-likeness (QED) is 0.243. The third-order valence-corrected chi connectivity index (χ3v) is 5.59. The van der Waals surface area contributed by atoms with Crippen LogP contribution in [-0.4, -0.2) is 34.6 Å². The van der Waals surface area contributed by atoms with Crippen molar-refractivity contribution in [3.05, 3.63) is 106 Å². The van der Waals surface area contributed by atoms with E-state index in [1.165, 1.54) is 24.3 Å². The fourth-order valence-electron chi connectivity index (χ4n) is 3.68. The van der Waals surface area contributed by atoms with Gasteiger partial charge in [-0.2, -0.15) is 5.10 Å². The number of esters is 1. The summed E-state index contributed by atoms with van der Waals surface area (Å²) in [5.74, 6) is -1.09. The van der Waals surface area contributed by atoms with Gasteiger partial charge >= 0.3 is 12.1 Å². The van der Waals surface area contributed by atoms with Crippen LogP contribution >= 0.6 is 0 Å². The molecule has 3 aromatic carbocycles. The van der Waals surface area contributed by atoms with Crippen LogP contribution in [0.2, 0.25) is 0 Å². The number of ether oxygens (including phenoxy) is 2. The van der Waals surface area contributed by atoms with Gasteiger partial charge in [0, 0.05) is 18.6 Å². The molecule has 4 rings (SSSR count). The molecule has 0 saturated carbocycles. The Bertz CT molecular complexity index is 1330. The van der Waals surface area contributed by atoms with E-state index < -0.39 is 23.0 Å². The number of amides is 2. The Kier molecular flexibility index (Phi) is 8.39. The van der Waals surface area contributed by atoms with Crippen LogP contribution < -0.4 is 10.3 Å². The highest BCUT2D eigenvalue weighted by Crippen LogP contribution is 2.24. The van der Waals surface area contributed by atoms with Gasteiger partial charge in [0.25, 0.3) is 11.6 Å². The lowest BCUT2D eigenvalue weighted by Gasteiger charge is -2.17. The Morgan fingerprint density at radius 1 is 0.921 bits per heavy atom. The second kappa shape index (κ2) is 12.3. The van der Waals surface area contributed by atoms with Gasteiger partial charge in [-0.1, -0.05) is 60.7 Å². The molecule has 1 aliphatic heterocycles. The van der Waals surface area contributed by atoms with Gasteiger partial charge < -0.3 is 14.8 Å². The molecule has 1 heterocycles. The first-order chi connectivity index (χ1) is 18.4. The zero-order valence-corrected chi connectivity index (χ0v) is 20.2. The first-order valence-corrected chi connectivity index (χ1v) is 11.7. The first-order valence-electron chi connectivity index (χ1n) is 11.7. The van der Waals surface area contributed by atoms with Crippen molar-refractivity contribution in [2.75, 3.05) is 5.01 Å². The highest BCUT2D eigenvalue weighted by atomic mass is 16.6. The average Bonchev–Trinajstić information content (AvgIpc) is 3.31. The van der Waals surface area contributed by atoms with Crippen LogP contribution in [0.5, 0.6) is 0 Å². The Morgan fingerprint density at radius 3 is 2.08 bits per heavy atom. The summed E-state index contributed by atoms with van der Waals surface area (Å²) in [4.78, 5) is 48.4. The van der Waals surface area contributed by atoms with E-state index in [1.54, 1.807) is 24.3 Å². The monoisotopic (exact) mass is 516 g/mol. The molecule has 0 bridgehead atoms. The van der Waals surface area contributed by atoms with Crippen LogP contribution in [-0.2, 0) is 32.3 Å². The van der Waals surface area contributed by atoms with Crippen molar-refractivity contribution in [1.29, 1.82) is 0 Å². The Labute approximate surface area is 217 Å². The average molecular weight is 517 g/mol. The highest BCUT2D eigenvalue weighted by Gasteiger charge is 2.31. The van der Waals surface area contributed by atoms with Crippen LogP contribution in [0.15, 0.2) is 90.0 Å². The van der Waals surface area contributed by atoms with Gasteiger partial charge in [0.1, 0.15) is 19.3 Å². The molecule has 0 spiro atoms. The van der Waals surface area contributed by atoms with Gasteiger partial charge in [0.15, 0.2) is 0 Å². The van der Waals surface area contributed by atoms with Crippen molar-refractivity contribution in [2.45, 2.75) is 32.1 Å². The molecular formula is C27H24N4O7. The second-order valence-electron chi connectivity index (χ2n) is 8.38. The smallest absolute Gasteiger partial charge is 0.408 e. The molecule has 1 atom stereocenters. The lowest BCUT2D eigenvalue weighted by atomic mass is 10.1. The zero-order valence-electron chi connectivity index (χ0n) is 20.2. The molecule has 3 aromatic rings. The van der Waals surface area contributed by atoms with E-state index >= 15 is 0 Å².